The first-order chi connectivity index (χ1) is 9.69. The summed E-state index contributed by atoms with van der Waals surface area (Å²) in [6.45, 7) is 6.25. The number of aromatic nitrogens is 3. The highest BCUT2D eigenvalue weighted by Crippen LogP contribution is 2.10. The van der Waals surface area contributed by atoms with E-state index in [-0.39, 0.29) is 0 Å². The van der Waals surface area contributed by atoms with Gasteiger partial charge in [-0.2, -0.15) is 5.10 Å². The van der Waals surface area contributed by atoms with Gasteiger partial charge in [-0.15, -0.1) is 11.3 Å². The molecule has 0 aromatic carbocycles. The summed E-state index contributed by atoms with van der Waals surface area (Å²) in [5, 5.41) is 13.3. The number of aromatic amines is 1. The quantitative estimate of drug-likeness (QED) is 0.651. The molecule has 0 fully saturated rings. The fourth-order valence-electron chi connectivity index (χ4n) is 1.80. The summed E-state index contributed by atoms with van der Waals surface area (Å²) < 4.78 is 0. The Bertz CT molecular complexity index is 545. The van der Waals surface area contributed by atoms with Gasteiger partial charge >= 0.3 is 0 Å². The largest absolute Gasteiger partial charge is 0.357 e. The van der Waals surface area contributed by atoms with Crippen LogP contribution in [0.15, 0.2) is 22.6 Å². The molecule has 0 unspecified atom stereocenters. The zero-order valence-electron chi connectivity index (χ0n) is 12.1. The first-order valence-electron chi connectivity index (χ1n) is 6.57. The van der Waals surface area contributed by atoms with Gasteiger partial charge in [-0.05, 0) is 19.9 Å². The normalized spacial score (nSPS) is 11.7. The Balaban J connectivity index is 2.01. The van der Waals surface area contributed by atoms with Crippen molar-refractivity contribution in [1.29, 1.82) is 0 Å². The second kappa shape index (κ2) is 7.04. The fourth-order valence-corrected chi connectivity index (χ4v) is 2.41. The number of nitrogens with one attached hydrogen (secondary N) is 2. The molecule has 2 heterocycles. The third-order valence-corrected chi connectivity index (χ3v) is 3.54. The summed E-state index contributed by atoms with van der Waals surface area (Å²) in [5.74, 6) is 0.868. The highest BCUT2D eigenvalue weighted by atomic mass is 32.1. The molecule has 2 rings (SSSR count). The summed E-state index contributed by atoms with van der Waals surface area (Å²) in [6.07, 6.45) is 1.74. The van der Waals surface area contributed by atoms with Crippen molar-refractivity contribution in [3.8, 4) is 0 Å². The molecule has 0 atom stereocenters. The highest BCUT2D eigenvalue weighted by molar-refractivity contribution is 7.09. The number of hydrogen-bond donors (Lipinski definition) is 2. The number of rotatable bonds is 5. The van der Waals surface area contributed by atoms with Crippen molar-refractivity contribution in [3.05, 3.63) is 34.0 Å². The van der Waals surface area contributed by atoms with E-state index in [1.54, 1.807) is 17.5 Å². The van der Waals surface area contributed by atoms with Crippen LogP contribution in [0.25, 0.3) is 0 Å². The minimum atomic E-state index is 0.586. The molecule has 0 radical (unpaired) electrons. The second-order valence-corrected chi connectivity index (χ2v) is 5.53. The number of H-pyrrole nitrogens is 1. The molecule has 0 aliphatic heterocycles. The Morgan fingerprint density at radius 3 is 3.00 bits per heavy atom. The predicted octanol–water partition coefficient (Wildman–Crippen LogP) is 1.77. The molecule has 0 saturated carbocycles. The molecule has 108 valence electrons. The van der Waals surface area contributed by atoms with Crippen molar-refractivity contribution < 1.29 is 0 Å². The van der Waals surface area contributed by atoms with Crippen molar-refractivity contribution in [3.63, 3.8) is 0 Å². The zero-order chi connectivity index (χ0) is 14.4. The van der Waals surface area contributed by atoms with Gasteiger partial charge in [0, 0.05) is 25.2 Å². The van der Waals surface area contributed by atoms with Crippen LogP contribution in [0, 0.1) is 6.92 Å². The lowest BCUT2D eigenvalue weighted by molar-refractivity contribution is 0.470. The number of thiazole rings is 1. The van der Waals surface area contributed by atoms with E-state index in [0.29, 0.717) is 6.54 Å². The lowest BCUT2D eigenvalue weighted by Gasteiger charge is -2.21. The van der Waals surface area contributed by atoms with Crippen LogP contribution < -0.4 is 5.32 Å². The van der Waals surface area contributed by atoms with Crippen LogP contribution >= 0.6 is 11.3 Å². The maximum atomic E-state index is 4.59. The van der Waals surface area contributed by atoms with E-state index in [9.17, 15) is 0 Å². The van der Waals surface area contributed by atoms with Gasteiger partial charge in [0.05, 0.1) is 29.5 Å². The lowest BCUT2D eigenvalue weighted by atomic mass is 10.4. The summed E-state index contributed by atoms with van der Waals surface area (Å²) in [4.78, 5) is 11.2. The molecule has 0 spiro atoms. The predicted molar refractivity (Wildman–Crippen MR) is 81.7 cm³/mol. The average molecular weight is 292 g/mol. The second-order valence-electron chi connectivity index (χ2n) is 4.47. The standard InChI is InChI=1S/C13H20N6S/c1-4-14-13(15-7-11-5-6-16-18-11)19(3)8-12-9-20-10(2)17-12/h5-6,9H,4,7-8H2,1-3H3,(H,14,15)(H,16,18). The monoisotopic (exact) mass is 292 g/mol. The van der Waals surface area contributed by atoms with E-state index >= 15 is 0 Å². The number of aliphatic imine (C=N–C) groups is 1. The first-order valence-corrected chi connectivity index (χ1v) is 7.45. The number of hydrogen-bond acceptors (Lipinski definition) is 4. The van der Waals surface area contributed by atoms with Gasteiger partial charge in [0.1, 0.15) is 0 Å². The van der Waals surface area contributed by atoms with Crippen molar-refractivity contribution in [2.45, 2.75) is 26.9 Å². The molecule has 0 amide bonds. The van der Waals surface area contributed by atoms with Crippen molar-refractivity contribution >= 4 is 17.3 Å². The summed E-state index contributed by atoms with van der Waals surface area (Å²) >= 11 is 1.67. The smallest absolute Gasteiger partial charge is 0.194 e. The Labute approximate surface area is 123 Å². The van der Waals surface area contributed by atoms with Gasteiger partial charge in [0.2, 0.25) is 0 Å². The van der Waals surface area contributed by atoms with E-state index in [0.717, 1.165) is 35.4 Å². The molecule has 2 N–H and O–H groups in total. The third-order valence-electron chi connectivity index (χ3n) is 2.72. The van der Waals surface area contributed by atoms with Crippen LogP contribution in [0.4, 0.5) is 0 Å². The highest BCUT2D eigenvalue weighted by Gasteiger charge is 2.08. The van der Waals surface area contributed by atoms with Crippen molar-refractivity contribution in [1.82, 2.24) is 25.4 Å². The molecule has 7 heteroatoms. The molecule has 0 bridgehead atoms. The van der Waals surface area contributed by atoms with Crippen LogP contribution in [-0.4, -0.2) is 39.6 Å². The van der Waals surface area contributed by atoms with Crippen LogP contribution in [0.2, 0.25) is 0 Å². The van der Waals surface area contributed by atoms with E-state index in [4.69, 9.17) is 0 Å². The maximum absolute atomic E-state index is 4.59. The third kappa shape index (κ3) is 4.06. The van der Waals surface area contributed by atoms with Gasteiger partial charge in [-0.25, -0.2) is 9.98 Å². The van der Waals surface area contributed by atoms with E-state index < -0.39 is 0 Å². The van der Waals surface area contributed by atoms with Gasteiger partial charge in [-0.1, -0.05) is 0 Å². The van der Waals surface area contributed by atoms with Gasteiger partial charge in [0.25, 0.3) is 0 Å². The van der Waals surface area contributed by atoms with Crippen molar-refractivity contribution in [2.75, 3.05) is 13.6 Å². The van der Waals surface area contributed by atoms with E-state index in [1.807, 2.05) is 20.0 Å². The molecular weight excluding hydrogens is 272 g/mol. The topological polar surface area (TPSA) is 69.2 Å². The Hall–Kier alpha value is -1.89. The Kier molecular flexibility index (Phi) is 5.11. The molecule has 6 nitrogen and oxygen atoms in total. The Morgan fingerprint density at radius 2 is 2.40 bits per heavy atom. The van der Waals surface area contributed by atoms with Crippen LogP contribution in [-0.2, 0) is 13.1 Å². The summed E-state index contributed by atoms with van der Waals surface area (Å²) in [6, 6.07) is 1.93. The lowest BCUT2D eigenvalue weighted by Crippen LogP contribution is -2.38. The SMILES string of the molecule is CCNC(=NCc1ccn[nH]1)N(C)Cc1csc(C)n1. The molecule has 0 aliphatic carbocycles. The van der Waals surface area contributed by atoms with Crippen LogP contribution in [0.3, 0.4) is 0 Å². The molecule has 2 aromatic rings. The van der Waals surface area contributed by atoms with Crippen LogP contribution in [0.5, 0.6) is 0 Å². The Morgan fingerprint density at radius 1 is 1.55 bits per heavy atom. The zero-order valence-corrected chi connectivity index (χ0v) is 12.9. The van der Waals surface area contributed by atoms with E-state index in [2.05, 4.69) is 42.7 Å². The number of nitrogens with zero attached hydrogens (tertiary/aromatic N) is 4. The average Bonchev–Trinajstić information content (AvgIpc) is 3.06. The van der Waals surface area contributed by atoms with Gasteiger partial charge < -0.3 is 10.2 Å². The molecule has 20 heavy (non-hydrogen) atoms. The summed E-state index contributed by atoms with van der Waals surface area (Å²) in [7, 11) is 2.02. The minimum absolute atomic E-state index is 0.586. The molecule has 0 aliphatic rings. The summed E-state index contributed by atoms with van der Waals surface area (Å²) in [5.41, 5.74) is 2.07. The van der Waals surface area contributed by atoms with E-state index in [1.165, 1.54) is 0 Å². The molecular formula is C13H20N6S. The minimum Gasteiger partial charge on any atom is -0.357 e. The van der Waals surface area contributed by atoms with Crippen LogP contribution in [0.1, 0.15) is 23.3 Å². The van der Waals surface area contributed by atoms with Gasteiger partial charge in [-0.3, -0.25) is 5.10 Å². The molecule has 2 aromatic heterocycles. The van der Waals surface area contributed by atoms with Gasteiger partial charge in [0.15, 0.2) is 5.96 Å². The maximum Gasteiger partial charge on any atom is 0.194 e. The number of aryl methyl sites for hydroxylation is 1. The molecule has 0 saturated heterocycles. The van der Waals surface area contributed by atoms with Crippen molar-refractivity contribution in [2.24, 2.45) is 4.99 Å². The first kappa shape index (κ1) is 14.5. The number of guanidine groups is 1. The fraction of sp³-hybridized carbons (Fsp3) is 0.462.